The van der Waals surface area contributed by atoms with Gasteiger partial charge in [0.05, 0.1) is 25.4 Å². The molecule has 112 valence electrons. The molecule has 3 N–H and O–H groups in total. The second-order valence-corrected chi connectivity index (χ2v) is 4.97. The number of carbonyl (C=O) groups excluding carboxylic acids is 1. The smallest absolute Gasteiger partial charge is 0.160 e. The van der Waals surface area contributed by atoms with Crippen LogP contribution in [0.25, 0.3) is 0 Å². The van der Waals surface area contributed by atoms with Crippen molar-refractivity contribution in [2.75, 3.05) is 20.3 Å². The van der Waals surface area contributed by atoms with Gasteiger partial charge in [-0.05, 0) is 25.2 Å². The van der Waals surface area contributed by atoms with Crippen molar-refractivity contribution in [2.45, 2.75) is 44.2 Å². The Labute approximate surface area is 113 Å². The normalized spacial score (nSPS) is 30.2. The molecule has 5 atom stereocenters. The van der Waals surface area contributed by atoms with Gasteiger partial charge in [0.1, 0.15) is 6.29 Å². The van der Waals surface area contributed by atoms with Crippen molar-refractivity contribution in [1.29, 1.82) is 0 Å². The van der Waals surface area contributed by atoms with Crippen LogP contribution >= 0.6 is 0 Å². The fourth-order valence-electron chi connectivity index (χ4n) is 2.64. The molecule has 1 aliphatic rings. The Morgan fingerprint density at radius 1 is 1.42 bits per heavy atom. The first-order chi connectivity index (χ1) is 9.13. The lowest BCUT2D eigenvalue weighted by atomic mass is 9.91. The van der Waals surface area contributed by atoms with E-state index in [1.165, 1.54) is 7.11 Å². The fraction of sp³-hybridized carbons (Fsp3) is 0.923. The van der Waals surface area contributed by atoms with Gasteiger partial charge in [0.25, 0.3) is 0 Å². The molecule has 1 fully saturated rings. The molecule has 0 aromatic rings. The highest BCUT2D eigenvalue weighted by molar-refractivity contribution is 5.50. The number of rotatable bonds is 9. The summed E-state index contributed by atoms with van der Waals surface area (Å²) in [7, 11) is 1.52. The quantitative estimate of drug-likeness (QED) is 0.395. The van der Waals surface area contributed by atoms with Gasteiger partial charge < -0.3 is 29.6 Å². The third-order valence-electron chi connectivity index (χ3n) is 3.73. The molecule has 0 aliphatic heterocycles. The van der Waals surface area contributed by atoms with Crippen molar-refractivity contribution in [3.05, 3.63) is 0 Å². The predicted octanol–water partition coefficient (Wildman–Crippen LogP) is -0.305. The van der Waals surface area contributed by atoms with Crippen LogP contribution < -0.4 is 0 Å². The molecule has 6 heteroatoms. The number of aliphatic hydroxyl groups excluding tert-OH is 3. The minimum absolute atomic E-state index is 0.0172. The van der Waals surface area contributed by atoms with Crippen molar-refractivity contribution < 1.29 is 29.6 Å². The molecule has 0 aromatic heterocycles. The van der Waals surface area contributed by atoms with Gasteiger partial charge in [-0.3, -0.25) is 0 Å². The molecule has 19 heavy (non-hydrogen) atoms. The van der Waals surface area contributed by atoms with Gasteiger partial charge >= 0.3 is 0 Å². The number of methoxy groups -OCH3 is 1. The SMILES string of the molecule is COC(OCCC(O)CO)[C@@H]1CC[C@@H](O)[C@H]1CC=O. The van der Waals surface area contributed by atoms with Crippen LogP contribution in [0.2, 0.25) is 0 Å². The number of hydrogen-bond acceptors (Lipinski definition) is 6. The summed E-state index contributed by atoms with van der Waals surface area (Å²) >= 11 is 0. The number of hydrogen-bond donors (Lipinski definition) is 3. The molecule has 0 aromatic carbocycles. The summed E-state index contributed by atoms with van der Waals surface area (Å²) in [5, 5.41) is 27.8. The Morgan fingerprint density at radius 3 is 2.74 bits per heavy atom. The molecule has 0 radical (unpaired) electrons. The first-order valence-electron chi connectivity index (χ1n) is 6.69. The topological polar surface area (TPSA) is 96.2 Å². The largest absolute Gasteiger partial charge is 0.394 e. The van der Waals surface area contributed by atoms with Crippen molar-refractivity contribution in [2.24, 2.45) is 11.8 Å². The average molecular weight is 276 g/mol. The van der Waals surface area contributed by atoms with E-state index in [0.29, 0.717) is 19.3 Å². The highest BCUT2D eigenvalue weighted by Crippen LogP contribution is 2.37. The predicted molar refractivity (Wildman–Crippen MR) is 67.4 cm³/mol. The third kappa shape index (κ3) is 4.81. The maximum Gasteiger partial charge on any atom is 0.160 e. The summed E-state index contributed by atoms with van der Waals surface area (Å²) in [5.74, 6) is -0.151. The van der Waals surface area contributed by atoms with Gasteiger partial charge in [0, 0.05) is 19.4 Å². The summed E-state index contributed by atoms with van der Waals surface area (Å²) < 4.78 is 10.8. The van der Waals surface area contributed by atoms with Gasteiger partial charge in [-0.2, -0.15) is 0 Å². The zero-order valence-electron chi connectivity index (χ0n) is 11.3. The van der Waals surface area contributed by atoms with E-state index in [4.69, 9.17) is 14.6 Å². The second kappa shape index (κ2) is 8.60. The van der Waals surface area contributed by atoms with Crippen LogP contribution in [0.1, 0.15) is 25.7 Å². The first-order valence-corrected chi connectivity index (χ1v) is 6.69. The number of aliphatic hydroxyl groups is 3. The second-order valence-electron chi connectivity index (χ2n) is 4.97. The van der Waals surface area contributed by atoms with Crippen molar-refractivity contribution in [3.63, 3.8) is 0 Å². The van der Waals surface area contributed by atoms with E-state index in [-0.39, 0.29) is 25.0 Å². The van der Waals surface area contributed by atoms with E-state index in [9.17, 15) is 15.0 Å². The summed E-state index contributed by atoms with van der Waals surface area (Å²) in [5.41, 5.74) is 0. The van der Waals surface area contributed by atoms with E-state index in [2.05, 4.69) is 0 Å². The number of carbonyl (C=O) groups is 1. The van der Waals surface area contributed by atoms with E-state index in [0.717, 1.165) is 12.7 Å². The molecule has 0 heterocycles. The van der Waals surface area contributed by atoms with Gasteiger partial charge in [0.15, 0.2) is 6.29 Å². The van der Waals surface area contributed by atoms with Crippen LogP contribution in [-0.2, 0) is 14.3 Å². The summed E-state index contributed by atoms with van der Waals surface area (Å²) in [6.45, 7) is -0.0302. The fourth-order valence-corrected chi connectivity index (χ4v) is 2.64. The summed E-state index contributed by atoms with van der Waals surface area (Å²) in [6, 6.07) is 0. The molecule has 1 aliphatic carbocycles. The van der Waals surface area contributed by atoms with E-state index < -0.39 is 18.5 Å². The lowest BCUT2D eigenvalue weighted by Crippen LogP contribution is -2.33. The van der Waals surface area contributed by atoms with E-state index in [1.54, 1.807) is 0 Å². The van der Waals surface area contributed by atoms with Crippen molar-refractivity contribution in [1.82, 2.24) is 0 Å². The highest BCUT2D eigenvalue weighted by Gasteiger charge is 2.40. The average Bonchev–Trinajstić information content (AvgIpc) is 2.77. The minimum Gasteiger partial charge on any atom is -0.394 e. The maximum atomic E-state index is 10.7. The zero-order chi connectivity index (χ0) is 14.3. The molecule has 0 amide bonds. The Kier molecular flexibility index (Phi) is 7.48. The molecular formula is C13H24O6. The van der Waals surface area contributed by atoms with Crippen LogP contribution in [-0.4, -0.2) is 60.4 Å². The highest BCUT2D eigenvalue weighted by atomic mass is 16.7. The van der Waals surface area contributed by atoms with Crippen molar-refractivity contribution in [3.8, 4) is 0 Å². The minimum atomic E-state index is -0.794. The first kappa shape index (κ1) is 16.5. The Morgan fingerprint density at radius 2 is 2.16 bits per heavy atom. The molecule has 2 unspecified atom stereocenters. The van der Waals surface area contributed by atoms with Crippen LogP contribution in [0.15, 0.2) is 0 Å². The van der Waals surface area contributed by atoms with E-state index >= 15 is 0 Å². The maximum absolute atomic E-state index is 10.7. The Bertz CT molecular complexity index is 260. The molecule has 0 saturated heterocycles. The standard InChI is InChI=1S/C13H24O6/c1-18-13(19-7-5-9(16)8-15)11-2-3-12(17)10(11)4-6-14/h6,9-13,15-17H,2-5,7-8H2,1H3/t9?,10-,11+,12+,13?/m0/s1. The molecule has 0 spiro atoms. The van der Waals surface area contributed by atoms with Crippen molar-refractivity contribution >= 4 is 6.29 Å². The molecular weight excluding hydrogens is 252 g/mol. The molecule has 1 saturated carbocycles. The number of ether oxygens (including phenoxy) is 2. The lowest BCUT2D eigenvalue weighted by Gasteiger charge is -2.28. The van der Waals surface area contributed by atoms with Gasteiger partial charge in [-0.15, -0.1) is 0 Å². The van der Waals surface area contributed by atoms with Gasteiger partial charge in [-0.1, -0.05) is 0 Å². The third-order valence-corrected chi connectivity index (χ3v) is 3.73. The molecule has 6 nitrogen and oxygen atoms in total. The van der Waals surface area contributed by atoms with Crippen LogP contribution in [0, 0.1) is 11.8 Å². The van der Waals surface area contributed by atoms with E-state index in [1.807, 2.05) is 0 Å². The van der Waals surface area contributed by atoms with Gasteiger partial charge in [-0.25, -0.2) is 0 Å². The zero-order valence-corrected chi connectivity index (χ0v) is 11.3. The van der Waals surface area contributed by atoms with Crippen LogP contribution in [0.5, 0.6) is 0 Å². The Hall–Kier alpha value is -0.530. The van der Waals surface area contributed by atoms with Gasteiger partial charge in [0.2, 0.25) is 0 Å². The number of aldehydes is 1. The molecule has 1 rings (SSSR count). The molecule has 0 bridgehead atoms. The summed E-state index contributed by atoms with van der Waals surface area (Å²) in [4.78, 5) is 10.7. The lowest BCUT2D eigenvalue weighted by molar-refractivity contribution is -0.170. The summed E-state index contributed by atoms with van der Waals surface area (Å²) in [6.07, 6.45) is 1.06. The Balaban J connectivity index is 2.46. The monoisotopic (exact) mass is 276 g/mol. The van der Waals surface area contributed by atoms with Crippen LogP contribution in [0.3, 0.4) is 0 Å². The van der Waals surface area contributed by atoms with Crippen LogP contribution in [0.4, 0.5) is 0 Å².